The van der Waals surface area contributed by atoms with Crippen molar-refractivity contribution in [3.8, 4) is 0 Å². The first-order valence-electron chi connectivity index (χ1n) is 5.77. The summed E-state index contributed by atoms with van der Waals surface area (Å²) in [6.07, 6.45) is 0.437. The van der Waals surface area contributed by atoms with Crippen LogP contribution in [0, 0.1) is 6.92 Å². The molecule has 2 heterocycles. The van der Waals surface area contributed by atoms with Gasteiger partial charge in [-0.1, -0.05) is 0 Å². The summed E-state index contributed by atoms with van der Waals surface area (Å²) in [5.41, 5.74) is 1.04. The zero-order valence-electron chi connectivity index (χ0n) is 9.86. The minimum atomic E-state index is -0.346. The second-order valence-electron chi connectivity index (χ2n) is 3.99. The standard InChI is InChI=1S/C11H17N3O2S/c1-8-7-17-10(14-8)2-3-13-11(15)9-6-12-4-5-16-9/h7,9,12H,2-6H2,1H3,(H,13,15). The third kappa shape index (κ3) is 3.76. The van der Waals surface area contributed by atoms with Crippen molar-refractivity contribution >= 4 is 17.2 Å². The van der Waals surface area contributed by atoms with Gasteiger partial charge in [-0.25, -0.2) is 4.98 Å². The van der Waals surface area contributed by atoms with Gasteiger partial charge in [0.05, 0.1) is 11.6 Å². The van der Waals surface area contributed by atoms with Crippen LogP contribution in [0.2, 0.25) is 0 Å². The van der Waals surface area contributed by atoms with E-state index in [0.717, 1.165) is 23.7 Å². The number of ether oxygens (including phenoxy) is 1. The number of carbonyl (C=O) groups excluding carboxylic acids is 1. The number of nitrogens with zero attached hydrogens (tertiary/aromatic N) is 1. The molecule has 0 spiro atoms. The molecule has 0 aliphatic carbocycles. The molecule has 1 aromatic rings. The monoisotopic (exact) mass is 255 g/mol. The third-order valence-electron chi connectivity index (χ3n) is 2.52. The molecular weight excluding hydrogens is 238 g/mol. The second-order valence-corrected chi connectivity index (χ2v) is 4.93. The molecule has 2 rings (SSSR count). The summed E-state index contributed by atoms with van der Waals surface area (Å²) in [5, 5.41) is 9.08. The zero-order chi connectivity index (χ0) is 12.1. The van der Waals surface area contributed by atoms with E-state index >= 15 is 0 Å². The molecular formula is C11H17N3O2S. The molecule has 0 saturated carbocycles. The molecule has 6 heteroatoms. The topological polar surface area (TPSA) is 63.2 Å². The summed E-state index contributed by atoms with van der Waals surface area (Å²) in [7, 11) is 0. The van der Waals surface area contributed by atoms with Crippen LogP contribution in [0.1, 0.15) is 10.7 Å². The molecule has 5 nitrogen and oxygen atoms in total. The number of thiazole rings is 1. The highest BCUT2D eigenvalue weighted by atomic mass is 32.1. The Bertz CT molecular complexity index is 375. The molecule has 1 saturated heterocycles. The van der Waals surface area contributed by atoms with Crippen LogP contribution >= 0.6 is 11.3 Å². The summed E-state index contributed by atoms with van der Waals surface area (Å²) in [5.74, 6) is -0.0366. The van der Waals surface area contributed by atoms with Crippen LogP contribution in [-0.2, 0) is 16.0 Å². The molecule has 0 aromatic carbocycles. The SMILES string of the molecule is Cc1csc(CCNC(=O)C2CNCCO2)n1. The van der Waals surface area contributed by atoms with E-state index in [9.17, 15) is 4.79 Å². The first-order valence-corrected chi connectivity index (χ1v) is 6.65. The van der Waals surface area contributed by atoms with Gasteiger partial charge < -0.3 is 15.4 Å². The van der Waals surface area contributed by atoms with Crippen molar-refractivity contribution in [2.75, 3.05) is 26.2 Å². The van der Waals surface area contributed by atoms with Crippen LogP contribution in [0.25, 0.3) is 0 Å². The highest BCUT2D eigenvalue weighted by molar-refractivity contribution is 7.09. The smallest absolute Gasteiger partial charge is 0.250 e. The van der Waals surface area contributed by atoms with E-state index < -0.39 is 0 Å². The van der Waals surface area contributed by atoms with Gasteiger partial charge in [0.15, 0.2) is 0 Å². The number of hydrogen-bond acceptors (Lipinski definition) is 5. The molecule has 0 radical (unpaired) electrons. The predicted octanol–water partition coefficient (Wildman–Crippen LogP) is 0.0986. The molecule has 94 valence electrons. The highest BCUT2D eigenvalue weighted by Gasteiger charge is 2.20. The summed E-state index contributed by atoms with van der Waals surface area (Å²) in [6, 6.07) is 0. The molecule has 1 fully saturated rings. The van der Waals surface area contributed by atoms with Gasteiger partial charge in [-0.3, -0.25) is 4.79 Å². The molecule has 0 bridgehead atoms. The lowest BCUT2D eigenvalue weighted by molar-refractivity contribution is -0.134. The Kier molecular flexibility index (Phi) is 4.47. The Morgan fingerprint density at radius 2 is 2.65 bits per heavy atom. The zero-order valence-corrected chi connectivity index (χ0v) is 10.7. The number of rotatable bonds is 4. The number of hydrogen-bond donors (Lipinski definition) is 2. The number of nitrogens with one attached hydrogen (secondary N) is 2. The van der Waals surface area contributed by atoms with E-state index in [4.69, 9.17) is 4.74 Å². The number of carbonyl (C=O) groups is 1. The maximum Gasteiger partial charge on any atom is 0.250 e. The summed E-state index contributed by atoms with van der Waals surface area (Å²) >= 11 is 1.63. The summed E-state index contributed by atoms with van der Waals surface area (Å²) in [6.45, 7) is 4.61. The largest absolute Gasteiger partial charge is 0.366 e. The van der Waals surface area contributed by atoms with Crippen molar-refractivity contribution in [2.45, 2.75) is 19.4 Å². The maximum atomic E-state index is 11.7. The fraction of sp³-hybridized carbons (Fsp3) is 0.636. The van der Waals surface area contributed by atoms with E-state index in [1.165, 1.54) is 0 Å². The van der Waals surface area contributed by atoms with Crippen LogP contribution in [0.4, 0.5) is 0 Å². The molecule has 1 amide bonds. The summed E-state index contributed by atoms with van der Waals surface area (Å²) in [4.78, 5) is 16.0. The van der Waals surface area contributed by atoms with Gasteiger partial charge in [0.1, 0.15) is 6.10 Å². The number of morpholine rings is 1. The predicted molar refractivity (Wildman–Crippen MR) is 66.2 cm³/mol. The molecule has 1 aliphatic rings. The lowest BCUT2D eigenvalue weighted by atomic mass is 10.3. The van der Waals surface area contributed by atoms with Crippen LogP contribution < -0.4 is 10.6 Å². The van der Waals surface area contributed by atoms with Gasteiger partial charge in [-0.15, -0.1) is 11.3 Å². The Morgan fingerprint density at radius 1 is 1.76 bits per heavy atom. The fourth-order valence-corrected chi connectivity index (χ4v) is 2.43. The average molecular weight is 255 g/mol. The number of aromatic nitrogens is 1. The van der Waals surface area contributed by atoms with Gasteiger partial charge in [0.25, 0.3) is 0 Å². The fourth-order valence-electron chi connectivity index (χ4n) is 1.66. The van der Waals surface area contributed by atoms with Gasteiger partial charge >= 0.3 is 0 Å². The highest BCUT2D eigenvalue weighted by Crippen LogP contribution is 2.08. The first kappa shape index (κ1) is 12.5. The Morgan fingerprint density at radius 3 is 3.29 bits per heavy atom. The molecule has 1 aromatic heterocycles. The average Bonchev–Trinajstić information content (AvgIpc) is 2.76. The lowest BCUT2D eigenvalue weighted by Gasteiger charge is -2.22. The van der Waals surface area contributed by atoms with Gasteiger partial charge in [-0.05, 0) is 6.92 Å². The van der Waals surface area contributed by atoms with Crippen molar-refractivity contribution in [3.05, 3.63) is 16.1 Å². The second kappa shape index (κ2) is 6.09. The van der Waals surface area contributed by atoms with Crippen molar-refractivity contribution in [1.82, 2.24) is 15.6 Å². The first-order chi connectivity index (χ1) is 8.25. The Balaban J connectivity index is 1.69. The van der Waals surface area contributed by atoms with E-state index in [1.54, 1.807) is 11.3 Å². The minimum Gasteiger partial charge on any atom is -0.366 e. The van der Waals surface area contributed by atoms with Crippen molar-refractivity contribution < 1.29 is 9.53 Å². The number of amides is 1. The van der Waals surface area contributed by atoms with E-state index in [2.05, 4.69) is 15.6 Å². The number of aryl methyl sites for hydroxylation is 1. The van der Waals surface area contributed by atoms with Crippen LogP contribution in [0.15, 0.2) is 5.38 Å². The maximum absolute atomic E-state index is 11.7. The van der Waals surface area contributed by atoms with E-state index in [-0.39, 0.29) is 12.0 Å². The lowest BCUT2D eigenvalue weighted by Crippen LogP contribution is -2.48. The molecule has 1 unspecified atom stereocenters. The Labute approximate surface area is 105 Å². The molecule has 1 atom stereocenters. The van der Waals surface area contributed by atoms with Crippen LogP contribution in [-0.4, -0.2) is 43.2 Å². The van der Waals surface area contributed by atoms with Crippen molar-refractivity contribution in [3.63, 3.8) is 0 Å². The van der Waals surface area contributed by atoms with Gasteiger partial charge in [0, 0.05) is 37.1 Å². The van der Waals surface area contributed by atoms with E-state index in [0.29, 0.717) is 19.7 Å². The van der Waals surface area contributed by atoms with Crippen molar-refractivity contribution in [2.24, 2.45) is 0 Å². The minimum absolute atomic E-state index is 0.0366. The van der Waals surface area contributed by atoms with E-state index in [1.807, 2.05) is 12.3 Å². The van der Waals surface area contributed by atoms with Crippen molar-refractivity contribution in [1.29, 1.82) is 0 Å². The van der Waals surface area contributed by atoms with Gasteiger partial charge in [0.2, 0.25) is 5.91 Å². The molecule has 2 N–H and O–H groups in total. The third-order valence-corrected chi connectivity index (χ3v) is 3.55. The molecule has 1 aliphatic heterocycles. The summed E-state index contributed by atoms with van der Waals surface area (Å²) < 4.78 is 5.36. The van der Waals surface area contributed by atoms with Crippen LogP contribution in [0.5, 0.6) is 0 Å². The normalized spacial score (nSPS) is 20.2. The molecule has 17 heavy (non-hydrogen) atoms. The Hall–Kier alpha value is -0.980. The van der Waals surface area contributed by atoms with Crippen LogP contribution in [0.3, 0.4) is 0 Å². The van der Waals surface area contributed by atoms with Gasteiger partial charge in [-0.2, -0.15) is 0 Å². The quantitative estimate of drug-likeness (QED) is 0.801.